The number of carbonyl (C=O) groups is 2. The number of rotatable bonds is 4. The van der Waals surface area contributed by atoms with Gasteiger partial charge in [0.2, 0.25) is 0 Å². The molecule has 0 aliphatic carbocycles. The van der Waals surface area contributed by atoms with Crippen LogP contribution in [-0.2, 0) is 12.7 Å². The molecule has 0 aliphatic heterocycles. The largest absolute Gasteiger partial charge is 0.478 e. The number of anilines is 1. The molecule has 6 nitrogen and oxygen atoms in total. The van der Waals surface area contributed by atoms with Crippen molar-refractivity contribution in [3.8, 4) is 0 Å². The lowest BCUT2D eigenvalue weighted by molar-refractivity contribution is -0.136. The first-order valence-corrected chi connectivity index (χ1v) is 7.71. The summed E-state index contributed by atoms with van der Waals surface area (Å²) in [6.45, 7) is -0.174. The fourth-order valence-electron chi connectivity index (χ4n) is 2.54. The zero-order valence-electron chi connectivity index (χ0n) is 13.6. The van der Waals surface area contributed by atoms with Crippen molar-refractivity contribution in [3.63, 3.8) is 0 Å². The van der Waals surface area contributed by atoms with Crippen molar-refractivity contribution >= 4 is 28.7 Å². The number of alkyl halides is 3. The second-order valence-corrected chi connectivity index (χ2v) is 5.59. The van der Waals surface area contributed by atoms with Crippen LogP contribution in [0.2, 0.25) is 0 Å². The molecule has 1 heterocycles. The van der Waals surface area contributed by atoms with Crippen LogP contribution in [0.15, 0.2) is 52.9 Å². The molecule has 0 radical (unpaired) electrons. The molecule has 0 fully saturated rings. The minimum Gasteiger partial charge on any atom is -0.478 e. The fourth-order valence-corrected chi connectivity index (χ4v) is 2.54. The van der Waals surface area contributed by atoms with Gasteiger partial charge in [-0.3, -0.25) is 0 Å². The number of carboxylic acid groups (broad SMARTS) is 1. The Morgan fingerprint density at radius 1 is 1.07 bits per heavy atom. The lowest BCUT2D eigenvalue weighted by Crippen LogP contribution is -2.28. The zero-order valence-corrected chi connectivity index (χ0v) is 13.6. The van der Waals surface area contributed by atoms with E-state index in [1.807, 2.05) is 0 Å². The summed E-state index contributed by atoms with van der Waals surface area (Å²) in [6.07, 6.45) is -4.56. The molecule has 0 saturated carbocycles. The van der Waals surface area contributed by atoms with Gasteiger partial charge in [-0.1, -0.05) is 24.3 Å². The Bertz CT molecular complexity index is 1010. The van der Waals surface area contributed by atoms with Crippen LogP contribution in [0.1, 0.15) is 21.7 Å². The van der Waals surface area contributed by atoms with E-state index in [-0.39, 0.29) is 34.5 Å². The Labute approximate surface area is 150 Å². The SMILES string of the molecule is O=C(NCc1cc2cccc(C(F)(F)F)c2o1)Nc1ccccc1C(=O)O. The maximum absolute atomic E-state index is 13.0. The lowest BCUT2D eigenvalue weighted by atomic mass is 10.1. The highest BCUT2D eigenvalue weighted by molar-refractivity contribution is 5.99. The summed E-state index contributed by atoms with van der Waals surface area (Å²) >= 11 is 0. The highest BCUT2D eigenvalue weighted by atomic mass is 19.4. The quantitative estimate of drug-likeness (QED) is 0.625. The molecule has 0 saturated heterocycles. The molecule has 27 heavy (non-hydrogen) atoms. The highest BCUT2D eigenvalue weighted by Crippen LogP contribution is 2.35. The summed E-state index contributed by atoms with van der Waals surface area (Å²) in [6, 6.07) is 10.2. The first-order chi connectivity index (χ1) is 12.8. The molecule has 9 heteroatoms. The summed E-state index contributed by atoms with van der Waals surface area (Å²) in [5, 5.41) is 14.1. The van der Waals surface area contributed by atoms with E-state index in [9.17, 15) is 22.8 Å². The second-order valence-electron chi connectivity index (χ2n) is 5.59. The highest BCUT2D eigenvalue weighted by Gasteiger charge is 2.34. The first-order valence-electron chi connectivity index (χ1n) is 7.71. The minimum absolute atomic E-state index is 0.0893. The van der Waals surface area contributed by atoms with Gasteiger partial charge >= 0.3 is 18.2 Å². The van der Waals surface area contributed by atoms with Gasteiger partial charge in [0.05, 0.1) is 23.4 Å². The van der Waals surface area contributed by atoms with E-state index in [0.29, 0.717) is 0 Å². The molecular weight excluding hydrogens is 365 g/mol. The third kappa shape index (κ3) is 4.02. The number of hydrogen-bond donors (Lipinski definition) is 3. The summed E-state index contributed by atoms with van der Waals surface area (Å²) < 4.78 is 44.2. The Morgan fingerprint density at radius 2 is 1.81 bits per heavy atom. The molecule has 0 aliphatic rings. The molecule has 140 valence electrons. The van der Waals surface area contributed by atoms with Crippen molar-refractivity contribution in [2.45, 2.75) is 12.7 Å². The number of carboxylic acids is 1. The van der Waals surface area contributed by atoms with E-state index in [1.165, 1.54) is 36.4 Å². The number of para-hydroxylation sites is 2. The van der Waals surface area contributed by atoms with Crippen LogP contribution < -0.4 is 10.6 Å². The average Bonchev–Trinajstić information content (AvgIpc) is 3.02. The van der Waals surface area contributed by atoms with Crippen LogP contribution in [0.4, 0.5) is 23.7 Å². The molecule has 3 aromatic rings. The molecule has 3 N–H and O–H groups in total. The van der Waals surface area contributed by atoms with Gasteiger partial charge in [-0.2, -0.15) is 13.2 Å². The normalized spacial score (nSPS) is 11.4. The van der Waals surface area contributed by atoms with E-state index in [1.54, 1.807) is 6.07 Å². The van der Waals surface area contributed by atoms with E-state index < -0.39 is 23.7 Å². The fraction of sp³-hybridized carbons (Fsp3) is 0.111. The lowest BCUT2D eigenvalue weighted by Gasteiger charge is -2.09. The molecule has 3 rings (SSSR count). The first kappa shape index (κ1) is 18.3. The van der Waals surface area contributed by atoms with Gasteiger partial charge in [0.1, 0.15) is 11.3 Å². The Morgan fingerprint density at radius 3 is 2.52 bits per heavy atom. The number of benzene rings is 2. The number of fused-ring (bicyclic) bond motifs is 1. The van der Waals surface area contributed by atoms with Crippen LogP contribution in [0, 0.1) is 0 Å². The number of hydrogen-bond acceptors (Lipinski definition) is 3. The molecule has 2 aromatic carbocycles. The van der Waals surface area contributed by atoms with E-state index >= 15 is 0 Å². The topological polar surface area (TPSA) is 91.6 Å². The molecule has 1 aromatic heterocycles. The maximum atomic E-state index is 13.0. The van der Waals surface area contributed by atoms with E-state index in [2.05, 4.69) is 10.6 Å². The second kappa shape index (κ2) is 7.02. The maximum Gasteiger partial charge on any atom is 0.420 e. The van der Waals surface area contributed by atoms with Gasteiger partial charge in [-0.15, -0.1) is 0 Å². The standard InChI is InChI=1S/C18H13F3N2O4/c19-18(20,21)13-6-3-4-10-8-11(27-15(10)13)9-22-17(26)23-14-7-2-1-5-12(14)16(24)25/h1-8H,9H2,(H,24,25)(H2,22,23,26). The van der Waals surface area contributed by atoms with Gasteiger partial charge in [-0.25, -0.2) is 9.59 Å². The predicted octanol–water partition coefficient (Wildman–Crippen LogP) is 4.47. The van der Waals surface area contributed by atoms with Crippen LogP contribution >= 0.6 is 0 Å². The van der Waals surface area contributed by atoms with Crippen molar-refractivity contribution in [2.24, 2.45) is 0 Å². The molecule has 2 amide bonds. The smallest absolute Gasteiger partial charge is 0.420 e. The Hall–Kier alpha value is -3.49. The van der Waals surface area contributed by atoms with Gasteiger partial charge in [-0.05, 0) is 24.3 Å². The number of carbonyl (C=O) groups excluding carboxylic acids is 1. The molecule has 0 spiro atoms. The van der Waals surface area contributed by atoms with Gasteiger partial charge in [0, 0.05) is 5.39 Å². The van der Waals surface area contributed by atoms with Gasteiger partial charge in [0.25, 0.3) is 0 Å². The minimum atomic E-state index is -4.56. The van der Waals surface area contributed by atoms with Gasteiger partial charge < -0.3 is 20.2 Å². The number of amides is 2. The molecule has 0 atom stereocenters. The number of urea groups is 1. The van der Waals surface area contributed by atoms with Gasteiger partial charge in [0.15, 0.2) is 0 Å². The molecule has 0 bridgehead atoms. The zero-order chi connectivity index (χ0) is 19.6. The van der Waals surface area contributed by atoms with Crippen molar-refractivity contribution in [2.75, 3.05) is 5.32 Å². The van der Waals surface area contributed by atoms with Crippen molar-refractivity contribution in [1.29, 1.82) is 0 Å². The third-order valence-electron chi connectivity index (χ3n) is 3.73. The van der Waals surface area contributed by atoms with E-state index in [0.717, 1.165) is 6.07 Å². The third-order valence-corrected chi connectivity index (χ3v) is 3.73. The Kier molecular flexibility index (Phi) is 4.76. The summed E-state index contributed by atoms with van der Waals surface area (Å²) in [4.78, 5) is 23.1. The van der Waals surface area contributed by atoms with Crippen LogP contribution in [-0.4, -0.2) is 17.1 Å². The van der Waals surface area contributed by atoms with Crippen LogP contribution in [0.5, 0.6) is 0 Å². The van der Waals surface area contributed by atoms with E-state index in [4.69, 9.17) is 9.52 Å². The van der Waals surface area contributed by atoms with Crippen LogP contribution in [0.25, 0.3) is 11.0 Å². The van der Waals surface area contributed by atoms with Crippen molar-refractivity contribution in [1.82, 2.24) is 5.32 Å². The number of halogens is 3. The molecule has 0 unspecified atom stereocenters. The average molecular weight is 378 g/mol. The monoisotopic (exact) mass is 378 g/mol. The van der Waals surface area contributed by atoms with Crippen molar-refractivity contribution < 1.29 is 32.3 Å². The number of nitrogens with one attached hydrogen (secondary N) is 2. The summed E-state index contributed by atoms with van der Waals surface area (Å²) in [5.74, 6) is -1.08. The predicted molar refractivity (Wildman–Crippen MR) is 90.5 cm³/mol. The number of aromatic carboxylic acids is 1. The number of furan rings is 1. The van der Waals surface area contributed by atoms with Crippen LogP contribution in [0.3, 0.4) is 0 Å². The molecular formula is C18H13F3N2O4. The van der Waals surface area contributed by atoms with Crippen molar-refractivity contribution in [3.05, 3.63) is 65.4 Å². The Balaban J connectivity index is 1.72. The summed E-state index contributed by atoms with van der Waals surface area (Å²) in [5.41, 5.74) is -1.21. The summed E-state index contributed by atoms with van der Waals surface area (Å²) in [7, 11) is 0.